The van der Waals surface area contributed by atoms with E-state index in [1.807, 2.05) is 48.7 Å². The molecular formula is C21H18N2O3S. The molecular weight excluding hydrogens is 360 g/mol. The molecule has 5 nitrogen and oxygen atoms in total. The number of thiophene rings is 1. The molecule has 0 saturated carbocycles. The molecule has 1 aromatic heterocycles. The smallest absolute Gasteiger partial charge is 0.265 e. The molecule has 0 atom stereocenters. The fraction of sp³-hybridized carbons (Fsp3) is 0.143. The standard InChI is InChI=1S/C21H18N2O3S/c1-14-4-6-15(7-5-14)12-23-17-9-8-16(11-18(17)26-13-20(23)24)22-21(25)19-3-2-10-27-19/h2-11H,12-13H2,1H3,(H,22,25). The van der Waals surface area contributed by atoms with Crippen LogP contribution in [0.1, 0.15) is 20.8 Å². The van der Waals surface area contributed by atoms with E-state index in [1.165, 1.54) is 16.9 Å². The van der Waals surface area contributed by atoms with Crippen molar-refractivity contribution in [2.75, 3.05) is 16.8 Å². The second kappa shape index (κ2) is 7.25. The number of amides is 2. The first-order chi connectivity index (χ1) is 13.1. The van der Waals surface area contributed by atoms with Gasteiger partial charge >= 0.3 is 0 Å². The van der Waals surface area contributed by atoms with E-state index in [9.17, 15) is 9.59 Å². The van der Waals surface area contributed by atoms with Gasteiger partial charge in [-0.2, -0.15) is 0 Å². The molecule has 0 unspecified atom stereocenters. The molecule has 27 heavy (non-hydrogen) atoms. The highest BCUT2D eigenvalue weighted by Crippen LogP contribution is 2.35. The van der Waals surface area contributed by atoms with E-state index in [0.717, 1.165) is 5.56 Å². The number of hydrogen-bond acceptors (Lipinski definition) is 4. The molecule has 0 bridgehead atoms. The van der Waals surface area contributed by atoms with Crippen molar-refractivity contribution in [3.05, 3.63) is 76.0 Å². The third-order valence-electron chi connectivity index (χ3n) is 4.37. The summed E-state index contributed by atoms with van der Waals surface area (Å²) in [6, 6.07) is 17.1. The van der Waals surface area contributed by atoms with Crippen LogP contribution in [-0.4, -0.2) is 18.4 Å². The zero-order valence-electron chi connectivity index (χ0n) is 14.8. The molecule has 136 valence electrons. The van der Waals surface area contributed by atoms with Crippen LogP contribution in [0.4, 0.5) is 11.4 Å². The van der Waals surface area contributed by atoms with Crippen molar-refractivity contribution in [3.63, 3.8) is 0 Å². The Morgan fingerprint density at radius 1 is 1.19 bits per heavy atom. The van der Waals surface area contributed by atoms with Crippen molar-refractivity contribution in [1.82, 2.24) is 0 Å². The topological polar surface area (TPSA) is 58.6 Å². The van der Waals surface area contributed by atoms with Gasteiger partial charge in [-0.25, -0.2) is 0 Å². The van der Waals surface area contributed by atoms with Crippen molar-refractivity contribution in [2.45, 2.75) is 13.5 Å². The van der Waals surface area contributed by atoms with Crippen LogP contribution in [-0.2, 0) is 11.3 Å². The molecule has 0 fully saturated rings. The number of nitrogens with zero attached hydrogens (tertiary/aromatic N) is 1. The Labute approximate surface area is 161 Å². The Bertz CT molecular complexity index is 981. The number of nitrogens with one attached hydrogen (secondary N) is 1. The van der Waals surface area contributed by atoms with Crippen LogP contribution in [0.25, 0.3) is 0 Å². The number of benzene rings is 2. The van der Waals surface area contributed by atoms with Gasteiger partial charge < -0.3 is 15.0 Å². The van der Waals surface area contributed by atoms with Crippen molar-refractivity contribution in [1.29, 1.82) is 0 Å². The van der Waals surface area contributed by atoms with Gasteiger partial charge in [-0.05, 0) is 36.1 Å². The Kier molecular flexibility index (Phi) is 4.64. The van der Waals surface area contributed by atoms with Gasteiger partial charge in [0.1, 0.15) is 5.75 Å². The fourth-order valence-corrected chi connectivity index (χ4v) is 3.55. The lowest BCUT2D eigenvalue weighted by Gasteiger charge is -2.30. The molecule has 2 amide bonds. The van der Waals surface area contributed by atoms with Crippen LogP contribution in [0.5, 0.6) is 5.75 Å². The predicted octanol–water partition coefficient (Wildman–Crippen LogP) is 4.23. The van der Waals surface area contributed by atoms with E-state index in [-0.39, 0.29) is 18.4 Å². The Hall–Kier alpha value is -3.12. The maximum atomic E-state index is 12.4. The molecule has 4 rings (SSSR count). The molecule has 2 heterocycles. The van der Waals surface area contributed by atoms with Gasteiger partial charge in [0.15, 0.2) is 6.61 Å². The van der Waals surface area contributed by atoms with Gasteiger partial charge in [-0.3, -0.25) is 9.59 Å². The zero-order valence-corrected chi connectivity index (χ0v) is 15.6. The molecule has 3 aromatic rings. The Balaban J connectivity index is 1.56. The van der Waals surface area contributed by atoms with Gasteiger partial charge in [-0.15, -0.1) is 11.3 Å². The molecule has 0 radical (unpaired) electrons. The molecule has 1 aliphatic rings. The van der Waals surface area contributed by atoms with E-state index in [4.69, 9.17) is 4.74 Å². The molecule has 6 heteroatoms. The van der Waals surface area contributed by atoms with E-state index < -0.39 is 0 Å². The minimum absolute atomic E-state index is 0.0127. The highest BCUT2D eigenvalue weighted by molar-refractivity contribution is 7.12. The lowest BCUT2D eigenvalue weighted by atomic mass is 10.1. The van der Waals surface area contributed by atoms with Crippen LogP contribution in [0.15, 0.2) is 60.0 Å². The lowest BCUT2D eigenvalue weighted by molar-refractivity contribution is -0.121. The summed E-state index contributed by atoms with van der Waals surface area (Å²) in [5.74, 6) is 0.345. The first-order valence-corrected chi connectivity index (χ1v) is 9.46. The van der Waals surface area contributed by atoms with Crippen LogP contribution in [0.3, 0.4) is 0 Å². The number of hydrogen-bond donors (Lipinski definition) is 1. The summed E-state index contributed by atoms with van der Waals surface area (Å²) in [6.07, 6.45) is 0. The molecule has 0 saturated heterocycles. The summed E-state index contributed by atoms with van der Waals surface area (Å²) >= 11 is 1.39. The molecule has 0 spiro atoms. The highest BCUT2D eigenvalue weighted by atomic mass is 32.1. The van der Waals surface area contributed by atoms with Crippen LogP contribution >= 0.6 is 11.3 Å². The molecule has 2 aromatic carbocycles. The summed E-state index contributed by atoms with van der Waals surface area (Å²) in [7, 11) is 0. The highest BCUT2D eigenvalue weighted by Gasteiger charge is 2.26. The third kappa shape index (κ3) is 3.71. The monoisotopic (exact) mass is 378 g/mol. The maximum Gasteiger partial charge on any atom is 0.265 e. The van der Waals surface area contributed by atoms with Crippen LogP contribution < -0.4 is 15.0 Å². The summed E-state index contributed by atoms with van der Waals surface area (Å²) < 4.78 is 5.60. The first-order valence-electron chi connectivity index (χ1n) is 8.58. The second-order valence-electron chi connectivity index (χ2n) is 6.37. The normalized spacial score (nSPS) is 13.1. The van der Waals surface area contributed by atoms with E-state index >= 15 is 0 Å². The van der Waals surface area contributed by atoms with Gasteiger partial charge in [0.25, 0.3) is 11.8 Å². The second-order valence-corrected chi connectivity index (χ2v) is 7.32. The first kappa shape index (κ1) is 17.3. The van der Waals surface area contributed by atoms with Crippen molar-refractivity contribution in [2.24, 2.45) is 0 Å². The molecule has 0 aliphatic carbocycles. The number of rotatable bonds is 4. The third-order valence-corrected chi connectivity index (χ3v) is 5.24. The SMILES string of the molecule is Cc1ccc(CN2C(=O)COc3cc(NC(=O)c4cccs4)ccc32)cc1. The average Bonchev–Trinajstić information content (AvgIpc) is 3.21. The number of anilines is 2. The Morgan fingerprint density at radius 2 is 2.00 bits per heavy atom. The summed E-state index contributed by atoms with van der Waals surface area (Å²) in [5.41, 5.74) is 3.58. The number of carbonyl (C=O) groups is 2. The van der Waals surface area contributed by atoms with E-state index in [0.29, 0.717) is 28.5 Å². The zero-order chi connectivity index (χ0) is 18.8. The van der Waals surface area contributed by atoms with Gasteiger partial charge in [-0.1, -0.05) is 35.9 Å². The predicted molar refractivity (Wildman–Crippen MR) is 107 cm³/mol. The summed E-state index contributed by atoms with van der Waals surface area (Å²) in [6.45, 7) is 2.50. The van der Waals surface area contributed by atoms with Crippen LogP contribution in [0, 0.1) is 6.92 Å². The quantitative estimate of drug-likeness (QED) is 0.739. The number of ether oxygens (including phenoxy) is 1. The van der Waals surface area contributed by atoms with E-state index in [2.05, 4.69) is 5.32 Å². The van der Waals surface area contributed by atoms with Gasteiger partial charge in [0.2, 0.25) is 0 Å². The van der Waals surface area contributed by atoms with Crippen molar-refractivity contribution < 1.29 is 14.3 Å². The van der Waals surface area contributed by atoms with Crippen molar-refractivity contribution in [3.8, 4) is 5.75 Å². The number of carbonyl (C=O) groups excluding carboxylic acids is 2. The van der Waals surface area contributed by atoms with E-state index in [1.54, 1.807) is 23.1 Å². The van der Waals surface area contributed by atoms with Crippen LogP contribution in [0.2, 0.25) is 0 Å². The van der Waals surface area contributed by atoms with Gasteiger partial charge in [0, 0.05) is 11.8 Å². The lowest BCUT2D eigenvalue weighted by Crippen LogP contribution is -2.38. The number of fused-ring (bicyclic) bond motifs is 1. The minimum atomic E-state index is -0.159. The fourth-order valence-electron chi connectivity index (χ4n) is 2.93. The average molecular weight is 378 g/mol. The number of aryl methyl sites for hydroxylation is 1. The summed E-state index contributed by atoms with van der Waals surface area (Å²) in [5, 5.41) is 4.73. The molecule has 1 N–H and O–H groups in total. The largest absolute Gasteiger partial charge is 0.481 e. The van der Waals surface area contributed by atoms with Crippen molar-refractivity contribution >= 4 is 34.5 Å². The summed E-state index contributed by atoms with van der Waals surface area (Å²) in [4.78, 5) is 27.0. The Morgan fingerprint density at radius 3 is 2.74 bits per heavy atom. The molecule has 1 aliphatic heterocycles. The van der Waals surface area contributed by atoms with Gasteiger partial charge in [0.05, 0.1) is 17.1 Å². The minimum Gasteiger partial charge on any atom is -0.481 e. The maximum absolute atomic E-state index is 12.4.